The van der Waals surface area contributed by atoms with Crippen molar-refractivity contribution >= 4 is 27.4 Å². The molecule has 7 heteroatoms. The maximum Gasteiger partial charge on any atom is 0.161 e. The van der Waals surface area contributed by atoms with E-state index in [1.54, 1.807) is 11.3 Å². The van der Waals surface area contributed by atoms with Crippen molar-refractivity contribution < 1.29 is 13.9 Å². The lowest BCUT2D eigenvalue weighted by Crippen LogP contribution is -2.08. The lowest BCUT2D eigenvalue weighted by atomic mass is 10.0. The zero-order valence-corrected chi connectivity index (χ0v) is 20.2. The number of hydrogen-bond acceptors (Lipinski definition) is 6. The summed E-state index contributed by atoms with van der Waals surface area (Å²) in [4.78, 5) is 11.4. The van der Waals surface area contributed by atoms with Crippen molar-refractivity contribution in [3.8, 4) is 22.6 Å². The standard InChI is InChI=1S/C26H28FN3O2S/c1-5-31-21-12-7-18(15-22(21)32-6-2)13-14-28-25-24-23(19-8-10-20(27)11-9-19)16(3)33-26(24)30-17(4)29-25/h7-12,15H,5-6,13-14H2,1-4H3,(H,28,29,30). The molecular weight excluding hydrogens is 437 g/mol. The predicted octanol–water partition coefficient (Wildman–Crippen LogP) is 6.57. The molecule has 0 saturated carbocycles. The molecule has 2 heterocycles. The second-order valence-electron chi connectivity index (χ2n) is 7.66. The van der Waals surface area contributed by atoms with Crippen molar-refractivity contribution in [1.82, 2.24) is 9.97 Å². The van der Waals surface area contributed by atoms with E-state index in [1.165, 1.54) is 12.1 Å². The predicted molar refractivity (Wildman–Crippen MR) is 133 cm³/mol. The number of thiophene rings is 1. The van der Waals surface area contributed by atoms with Gasteiger partial charge < -0.3 is 14.8 Å². The molecule has 0 fully saturated rings. The fraction of sp³-hybridized carbons (Fsp3) is 0.308. The first-order chi connectivity index (χ1) is 16.0. The number of fused-ring (bicyclic) bond motifs is 1. The van der Waals surface area contributed by atoms with Crippen LogP contribution in [0, 0.1) is 19.7 Å². The average Bonchev–Trinajstić information content (AvgIpc) is 3.12. The molecule has 2 aromatic carbocycles. The van der Waals surface area contributed by atoms with Gasteiger partial charge in [0.2, 0.25) is 0 Å². The van der Waals surface area contributed by atoms with Gasteiger partial charge in [-0.2, -0.15) is 0 Å². The number of ether oxygens (including phenoxy) is 2. The van der Waals surface area contributed by atoms with E-state index in [4.69, 9.17) is 14.5 Å². The van der Waals surface area contributed by atoms with Gasteiger partial charge in [0.25, 0.3) is 0 Å². The number of benzene rings is 2. The smallest absolute Gasteiger partial charge is 0.161 e. The first-order valence-corrected chi connectivity index (χ1v) is 12.0. The minimum absolute atomic E-state index is 0.247. The van der Waals surface area contributed by atoms with E-state index in [-0.39, 0.29) is 5.82 Å². The van der Waals surface area contributed by atoms with Crippen LogP contribution >= 0.6 is 11.3 Å². The Balaban J connectivity index is 1.60. The number of nitrogens with one attached hydrogen (secondary N) is 1. The Kier molecular flexibility index (Phi) is 7.08. The average molecular weight is 466 g/mol. The summed E-state index contributed by atoms with van der Waals surface area (Å²) in [6, 6.07) is 12.7. The summed E-state index contributed by atoms with van der Waals surface area (Å²) in [7, 11) is 0. The van der Waals surface area contributed by atoms with E-state index in [0.29, 0.717) is 19.8 Å². The van der Waals surface area contributed by atoms with Gasteiger partial charge in [-0.15, -0.1) is 11.3 Å². The molecule has 0 saturated heterocycles. The fourth-order valence-corrected chi connectivity index (χ4v) is 4.98. The van der Waals surface area contributed by atoms with Crippen molar-refractivity contribution in [1.29, 1.82) is 0 Å². The Labute approximate surface area is 197 Å². The Hall–Kier alpha value is -3.19. The molecule has 0 aliphatic rings. The van der Waals surface area contributed by atoms with Crippen LogP contribution < -0.4 is 14.8 Å². The van der Waals surface area contributed by atoms with Crippen LogP contribution in [0.2, 0.25) is 0 Å². The van der Waals surface area contributed by atoms with Crippen LogP contribution in [0.4, 0.5) is 10.2 Å². The zero-order chi connectivity index (χ0) is 23.4. The molecule has 0 radical (unpaired) electrons. The molecule has 2 aromatic heterocycles. The highest BCUT2D eigenvalue weighted by molar-refractivity contribution is 7.19. The molecule has 0 unspecified atom stereocenters. The van der Waals surface area contributed by atoms with E-state index in [0.717, 1.165) is 61.3 Å². The first kappa shape index (κ1) is 23.0. The summed E-state index contributed by atoms with van der Waals surface area (Å²) in [6.45, 7) is 9.78. The highest BCUT2D eigenvalue weighted by atomic mass is 32.1. The molecule has 0 amide bonds. The van der Waals surface area contributed by atoms with Crippen LogP contribution in [0.25, 0.3) is 21.3 Å². The number of aromatic nitrogens is 2. The zero-order valence-electron chi connectivity index (χ0n) is 19.4. The van der Waals surface area contributed by atoms with E-state index in [2.05, 4.69) is 23.3 Å². The van der Waals surface area contributed by atoms with Gasteiger partial charge in [0.15, 0.2) is 11.5 Å². The van der Waals surface area contributed by atoms with Crippen LogP contribution in [0.15, 0.2) is 42.5 Å². The number of halogens is 1. The maximum atomic E-state index is 13.5. The number of nitrogens with zero attached hydrogens (tertiary/aromatic N) is 2. The Morgan fingerprint density at radius 1 is 0.939 bits per heavy atom. The van der Waals surface area contributed by atoms with Crippen LogP contribution in [-0.2, 0) is 6.42 Å². The summed E-state index contributed by atoms with van der Waals surface area (Å²) in [6.07, 6.45) is 0.798. The summed E-state index contributed by atoms with van der Waals surface area (Å²) in [5.74, 6) is 2.81. The maximum absolute atomic E-state index is 13.5. The lowest BCUT2D eigenvalue weighted by molar-refractivity contribution is 0.287. The van der Waals surface area contributed by atoms with Gasteiger partial charge in [0.05, 0.1) is 18.6 Å². The monoisotopic (exact) mass is 465 g/mol. The fourth-order valence-electron chi connectivity index (χ4n) is 3.89. The van der Waals surface area contributed by atoms with E-state index >= 15 is 0 Å². The van der Waals surface area contributed by atoms with Gasteiger partial charge in [-0.1, -0.05) is 18.2 Å². The Morgan fingerprint density at radius 3 is 2.39 bits per heavy atom. The second kappa shape index (κ2) is 10.2. The molecule has 33 heavy (non-hydrogen) atoms. The quantitative estimate of drug-likeness (QED) is 0.303. The minimum atomic E-state index is -0.247. The van der Waals surface area contributed by atoms with Crippen molar-refractivity contribution in [3.05, 3.63) is 64.5 Å². The van der Waals surface area contributed by atoms with Crippen molar-refractivity contribution in [3.63, 3.8) is 0 Å². The first-order valence-electron chi connectivity index (χ1n) is 11.2. The molecule has 4 aromatic rings. The SMILES string of the molecule is CCOc1ccc(CCNc2nc(C)nc3sc(C)c(-c4ccc(F)cc4)c23)cc1OCC. The van der Waals surface area contributed by atoms with Gasteiger partial charge >= 0.3 is 0 Å². The molecule has 0 aliphatic heterocycles. The molecule has 0 aliphatic carbocycles. The van der Waals surface area contributed by atoms with Gasteiger partial charge in [0, 0.05) is 17.0 Å². The largest absolute Gasteiger partial charge is 0.490 e. The summed E-state index contributed by atoms with van der Waals surface area (Å²) in [5, 5.41) is 4.50. The van der Waals surface area contributed by atoms with Crippen LogP contribution in [0.3, 0.4) is 0 Å². The third kappa shape index (κ3) is 5.09. The van der Waals surface area contributed by atoms with Gasteiger partial charge in [-0.05, 0) is 69.5 Å². The Morgan fingerprint density at radius 2 is 1.67 bits per heavy atom. The van der Waals surface area contributed by atoms with Crippen molar-refractivity contribution in [2.75, 3.05) is 25.1 Å². The van der Waals surface area contributed by atoms with Crippen LogP contribution in [0.5, 0.6) is 11.5 Å². The van der Waals surface area contributed by atoms with E-state index in [1.807, 2.05) is 45.0 Å². The summed E-state index contributed by atoms with van der Waals surface area (Å²) >= 11 is 1.63. The molecule has 1 N–H and O–H groups in total. The molecular formula is C26H28FN3O2S. The second-order valence-corrected chi connectivity index (χ2v) is 8.87. The van der Waals surface area contributed by atoms with Gasteiger partial charge in [0.1, 0.15) is 22.3 Å². The van der Waals surface area contributed by atoms with Crippen molar-refractivity contribution in [2.45, 2.75) is 34.1 Å². The highest BCUT2D eigenvalue weighted by Gasteiger charge is 2.18. The van der Waals surface area contributed by atoms with Crippen LogP contribution in [0.1, 0.15) is 30.1 Å². The van der Waals surface area contributed by atoms with Gasteiger partial charge in [-0.3, -0.25) is 0 Å². The minimum Gasteiger partial charge on any atom is -0.490 e. The molecule has 0 spiro atoms. The lowest BCUT2D eigenvalue weighted by Gasteiger charge is -2.13. The summed E-state index contributed by atoms with van der Waals surface area (Å²) < 4.78 is 24.9. The van der Waals surface area contributed by atoms with E-state index < -0.39 is 0 Å². The number of rotatable bonds is 9. The van der Waals surface area contributed by atoms with E-state index in [9.17, 15) is 4.39 Å². The molecule has 0 bridgehead atoms. The third-order valence-corrected chi connectivity index (χ3v) is 6.29. The molecule has 5 nitrogen and oxygen atoms in total. The topological polar surface area (TPSA) is 56.3 Å². The van der Waals surface area contributed by atoms with Crippen LogP contribution in [-0.4, -0.2) is 29.7 Å². The number of hydrogen-bond donors (Lipinski definition) is 1. The third-order valence-electron chi connectivity index (χ3n) is 5.29. The Bertz CT molecular complexity index is 1250. The van der Waals surface area contributed by atoms with Crippen molar-refractivity contribution in [2.24, 2.45) is 0 Å². The van der Waals surface area contributed by atoms with Gasteiger partial charge in [-0.25, -0.2) is 14.4 Å². The molecule has 0 atom stereocenters. The number of aryl methyl sites for hydroxylation is 2. The normalized spacial score (nSPS) is 11.1. The number of anilines is 1. The highest BCUT2D eigenvalue weighted by Crippen LogP contribution is 2.40. The summed E-state index contributed by atoms with van der Waals surface area (Å²) in [5.41, 5.74) is 3.16. The molecule has 4 rings (SSSR count). The molecule has 172 valence electrons.